The number of Topliss-reactive ketones (excluding diaryl/α,β-unsaturated/α-hetero) is 1. The van der Waals surface area contributed by atoms with Crippen molar-refractivity contribution >= 4 is 11.8 Å². The molecule has 1 unspecified atom stereocenters. The number of fused-ring (bicyclic) bond motifs is 3. The number of hydrogen-bond acceptors (Lipinski definition) is 7. The summed E-state index contributed by atoms with van der Waals surface area (Å²) in [5.74, 6) is 0.369. The van der Waals surface area contributed by atoms with E-state index in [0.717, 1.165) is 30.2 Å². The molecule has 2 aliphatic heterocycles. The van der Waals surface area contributed by atoms with Gasteiger partial charge in [0.25, 0.3) is 6.02 Å². The Labute approximate surface area is 181 Å². The lowest BCUT2D eigenvalue weighted by Crippen LogP contribution is -2.44. The summed E-state index contributed by atoms with van der Waals surface area (Å²) in [6, 6.07) is 8.33. The van der Waals surface area contributed by atoms with Crippen LogP contribution in [0.2, 0.25) is 0 Å². The van der Waals surface area contributed by atoms with Crippen LogP contribution in [0.1, 0.15) is 34.5 Å². The lowest BCUT2D eigenvalue weighted by molar-refractivity contribution is -0.153. The SMILES string of the molecule is NC1=NC2(CO1)c1cc(CC(=O)c3ccc(OCC(F)(F)F)cn3)ccc1OCC21CC1. The molecule has 1 atom stereocenters. The highest BCUT2D eigenvalue weighted by atomic mass is 19.4. The molecule has 0 saturated heterocycles. The fourth-order valence-electron chi connectivity index (χ4n) is 4.38. The molecule has 32 heavy (non-hydrogen) atoms. The highest BCUT2D eigenvalue weighted by Gasteiger charge is 2.66. The number of ketones is 1. The molecule has 10 heteroatoms. The van der Waals surface area contributed by atoms with Crippen molar-refractivity contribution in [1.29, 1.82) is 0 Å². The fourth-order valence-corrected chi connectivity index (χ4v) is 4.38. The Morgan fingerprint density at radius 3 is 2.59 bits per heavy atom. The van der Waals surface area contributed by atoms with Gasteiger partial charge in [0, 0.05) is 17.4 Å². The van der Waals surface area contributed by atoms with E-state index < -0.39 is 18.3 Å². The molecule has 5 rings (SSSR count). The van der Waals surface area contributed by atoms with Crippen molar-refractivity contribution in [3.63, 3.8) is 0 Å². The molecule has 2 spiro atoms. The summed E-state index contributed by atoms with van der Waals surface area (Å²) in [6.45, 7) is -0.530. The largest absolute Gasteiger partial charge is 0.493 e. The first-order chi connectivity index (χ1) is 15.2. The molecule has 0 radical (unpaired) electrons. The fraction of sp³-hybridized carbons (Fsp3) is 0.409. The zero-order chi connectivity index (χ0) is 22.6. The third-order valence-corrected chi connectivity index (χ3v) is 6.24. The van der Waals surface area contributed by atoms with Crippen molar-refractivity contribution < 1.29 is 32.2 Å². The first-order valence-electron chi connectivity index (χ1n) is 10.1. The molecular weight excluding hydrogens is 427 g/mol. The van der Waals surface area contributed by atoms with Crippen LogP contribution in [0, 0.1) is 5.41 Å². The lowest BCUT2D eigenvalue weighted by atomic mass is 9.74. The predicted octanol–water partition coefficient (Wildman–Crippen LogP) is 3.16. The van der Waals surface area contributed by atoms with Crippen molar-refractivity contribution in [2.24, 2.45) is 16.1 Å². The van der Waals surface area contributed by atoms with Gasteiger partial charge in [-0.3, -0.25) is 4.79 Å². The van der Waals surface area contributed by atoms with Gasteiger partial charge in [-0.15, -0.1) is 0 Å². The second kappa shape index (κ2) is 7.11. The maximum Gasteiger partial charge on any atom is 0.422 e. The zero-order valence-electron chi connectivity index (χ0n) is 16.9. The monoisotopic (exact) mass is 447 g/mol. The average molecular weight is 447 g/mol. The minimum Gasteiger partial charge on any atom is -0.493 e. The summed E-state index contributed by atoms with van der Waals surface area (Å²) in [5.41, 5.74) is 6.84. The molecule has 3 aliphatic rings. The molecule has 2 N–H and O–H groups in total. The van der Waals surface area contributed by atoms with E-state index in [1.165, 1.54) is 12.1 Å². The molecule has 1 aromatic carbocycles. The van der Waals surface area contributed by atoms with Gasteiger partial charge in [-0.1, -0.05) is 6.07 Å². The Morgan fingerprint density at radius 2 is 1.97 bits per heavy atom. The maximum atomic E-state index is 12.7. The first-order valence-corrected chi connectivity index (χ1v) is 10.1. The van der Waals surface area contributed by atoms with Gasteiger partial charge in [0.15, 0.2) is 12.4 Å². The van der Waals surface area contributed by atoms with Gasteiger partial charge < -0.3 is 19.9 Å². The first kappa shape index (κ1) is 20.6. The number of halogens is 3. The number of hydrogen-bond donors (Lipinski definition) is 1. The number of rotatable bonds is 5. The van der Waals surface area contributed by atoms with E-state index in [9.17, 15) is 18.0 Å². The van der Waals surface area contributed by atoms with E-state index in [1.807, 2.05) is 12.1 Å². The number of alkyl halides is 3. The van der Waals surface area contributed by atoms with Crippen molar-refractivity contribution in [3.05, 3.63) is 53.3 Å². The topological polar surface area (TPSA) is 96.0 Å². The number of carbonyl (C=O) groups is 1. The molecule has 1 saturated carbocycles. The number of nitrogens with two attached hydrogens (primary N) is 1. The average Bonchev–Trinajstić information content (AvgIpc) is 3.44. The summed E-state index contributed by atoms with van der Waals surface area (Å²) >= 11 is 0. The molecule has 1 aromatic heterocycles. The van der Waals surface area contributed by atoms with E-state index in [2.05, 4.69) is 14.7 Å². The standard InChI is InChI=1S/C22H20F3N3O4/c23-22(24,25)12-30-14-2-3-16(27-9-14)17(29)8-13-1-4-18-15(7-13)21(11-32-19(26)28-21)20(5-6-20)10-31-18/h1-4,7,9H,5-6,8,10-12H2,(H2,26,28). The minimum absolute atomic E-state index is 0.0573. The Bertz CT molecular complexity index is 1100. The van der Waals surface area contributed by atoms with Gasteiger partial charge in [0.1, 0.15) is 29.3 Å². The molecule has 0 bridgehead atoms. The number of aromatic nitrogens is 1. The quantitative estimate of drug-likeness (QED) is 0.708. The summed E-state index contributed by atoms with van der Waals surface area (Å²) in [4.78, 5) is 21.3. The third-order valence-electron chi connectivity index (χ3n) is 6.24. The summed E-state index contributed by atoms with van der Waals surface area (Å²) < 4.78 is 52.9. The zero-order valence-corrected chi connectivity index (χ0v) is 16.9. The second-order valence-electron chi connectivity index (χ2n) is 8.38. The van der Waals surface area contributed by atoms with Crippen LogP contribution in [0.15, 0.2) is 41.5 Å². The summed E-state index contributed by atoms with van der Waals surface area (Å²) in [5, 5.41) is 0. The van der Waals surface area contributed by atoms with Gasteiger partial charge in [-0.25, -0.2) is 9.98 Å². The summed E-state index contributed by atoms with van der Waals surface area (Å²) in [7, 11) is 0. The van der Waals surface area contributed by atoms with Crippen molar-refractivity contribution in [3.8, 4) is 11.5 Å². The number of amidine groups is 1. The van der Waals surface area contributed by atoms with Crippen LogP contribution in [0.3, 0.4) is 0 Å². The Morgan fingerprint density at radius 1 is 1.16 bits per heavy atom. The van der Waals surface area contributed by atoms with Crippen LogP contribution >= 0.6 is 0 Å². The van der Waals surface area contributed by atoms with Gasteiger partial charge in [0.05, 0.1) is 12.8 Å². The Hall–Kier alpha value is -3.30. The van der Waals surface area contributed by atoms with Crippen LogP contribution in [-0.4, -0.2) is 42.8 Å². The molecule has 168 valence electrons. The summed E-state index contributed by atoms with van der Waals surface area (Å²) in [6.07, 6.45) is -1.35. The number of aliphatic imine (C=N–C) groups is 1. The van der Waals surface area contributed by atoms with Crippen molar-refractivity contribution in [1.82, 2.24) is 4.98 Å². The molecule has 0 amide bonds. The van der Waals surface area contributed by atoms with Gasteiger partial charge in [-0.2, -0.15) is 13.2 Å². The number of benzene rings is 1. The maximum absolute atomic E-state index is 12.7. The van der Waals surface area contributed by atoms with Gasteiger partial charge >= 0.3 is 6.18 Å². The van der Waals surface area contributed by atoms with Crippen molar-refractivity contribution in [2.75, 3.05) is 19.8 Å². The third kappa shape index (κ3) is 3.53. The second-order valence-corrected chi connectivity index (χ2v) is 8.38. The number of nitrogens with zero attached hydrogens (tertiary/aromatic N) is 2. The van der Waals surface area contributed by atoms with E-state index in [4.69, 9.17) is 15.2 Å². The van der Waals surface area contributed by atoms with E-state index in [-0.39, 0.29) is 35.1 Å². The van der Waals surface area contributed by atoms with Gasteiger partial charge in [0.2, 0.25) is 0 Å². The number of carbonyl (C=O) groups excluding carboxylic acids is 1. The normalized spacial score (nSPS) is 22.7. The van der Waals surface area contributed by atoms with Crippen LogP contribution < -0.4 is 15.2 Å². The molecule has 2 aromatic rings. The highest BCUT2D eigenvalue weighted by Crippen LogP contribution is 2.65. The van der Waals surface area contributed by atoms with Crippen LogP contribution in [0.5, 0.6) is 11.5 Å². The molecule has 3 heterocycles. The molecule has 1 fully saturated rings. The van der Waals surface area contributed by atoms with Crippen LogP contribution in [0.25, 0.3) is 0 Å². The Kier molecular flexibility index (Phi) is 4.58. The van der Waals surface area contributed by atoms with Crippen LogP contribution in [0.4, 0.5) is 13.2 Å². The number of ether oxygens (including phenoxy) is 3. The van der Waals surface area contributed by atoms with Crippen molar-refractivity contribution in [2.45, 2.75) is 31.0 Å². The van der Waals surface area contributed by atoms with E-state index in [0.29, 0.717) is 19.0 Å². The molecule has 7 nitrogen and oxygen atoms in total. The molecule has 1 aliphatic carbocycles. The van der Waals surface area contributed by atoms with E-state index >= 15 is 0 Å². The smallest absolute Gasteiger partial charge is 0.422 e. The minimum atomic E-state index is -4.44. The highest BCUT2D eigenvalue weighted by molar-refractivity contribution is 5.95. The number of pyridine rings is 1. The van der Waals surface area contributed by atoms with E-state index in [1.54, 1.807) is 6.07 Å². The predicted molar refractivity (Wildman–Crippen MR) is 107 cm³/mol. The lowest BCUT2D eigenvalue weighted by Gasteiger charge is -2.39. The van der Waals surface area contributed by atoms with Crippen LogP contribution in [-0.2, 0) is 16.7 Å². The Balaban J connectivity index is 1.35. The molecular formula is C22H20F3N3O4. The van der Waals surface area contributed by atoms with Gasteiger partial charge in [-0.05, 0) is 42.7 Å².